The summed E-state index contributed by atoms with van der Waals surface area (Å²) in [6, 6.07) is 6.96. The summed E-state index contributed by atoms with van der Waals surface area (Å²) in [6.07, 6.45) is 0. The quantitative estimate of drug-likeness (QED) is 0.801. The highest BCUT2D eigenvalue weighted by Gasteiger charge is 2.34. The van der Waals surface area contributed by atoms with Gasteiger partial charge in [0, 0.05) is 36.8 Å². The summed E-state index contributed by atoms with van der Waals surface area (Å²) >= 11 is 1.92. The monoisotopic (exact) mass is 361 g/mol. The second-order valence-corrected chi connectivity index (χ2v) is 7.39. The number of amides is 2. The first kappa shape index (κ1) is 17.8. The molecule has 0 unspecified atom stereocenters. The molecule has 2 amide bonds. The predicted octanol–water partition coefficient (Wildman–Crippen LogP) is 1.82. The number of nitrogens with one attached hydrogen (secondary N) is 2. The van der Waals surface area contributed by atoms with Crippen molar-refractivity contribution >= 4 is 23.8 Å². The van der Waals surface area contributed by atoms with Gasteiger partial charge in [-0.2, -0.15) is 11.8 Å². The van der Waals surface area contributed by atoms with E-state index in [0.29, 0.717) is 17.8 Å². The molecule has 1 aromatic rings. The second-order valence-electron chi connectivity index (χ2n) is 6.16. The van der Waals surface area contributed by atoms with Gasteiger partial charge in [0.1, 0.15) is 0 Å². The Hall–Kier alpha value is -1.99. The van der Waals surface area contributed by atoms with Crippen LogP contribution in [0, 0.1) is 6.92 Å². The number of nitrogens with zero attached hydrogens (tertiary/aromatic N) is 1. The second kappa shape index (κ2) is 7.93. The van der Waals surface area contributed by atoms with Gasteiger partial charge in [0.05, 0.1) is 18.7 Å². The van der Waals surface area contributed by atoms with Gasteiger partial charge in [0.25, 0.3) is 0 Å². The van der Waals surface area contributed by atoms with Crippen molar-refractivity contribution in [3.8, 4) is 0 Å². The van der Waals surface area contributed by atoms with Crippen molar-refractivity contribution < 1.29 is 14.3 Å². The Morgan fingerprint density at radius 1 is 1.32 bits per heavy atom. The van der Waals surface area contributed by atoms with E-state index in [1.165, 1.54) is 7.11 Å². The van der Waals surface area contributed by atoms with E-state index in [1.807, 2.05) is 43.0 Å². The third kappa shape index (κ3) is 3.99. The molecule has 0 aliphatic carbocycles. The molecule has 2 aliphatic heterocycles. The maximum absolute atomic E-state index is 12.5. The Morgan fingerprint density at radius 2 is 2.04 bits per heavy atom. The molecule has 1 saturated heterocycles. The van der Waals surface area contributed by atoms with Gasteiger partial charge >= 0.3 is 12.0 Å². The molecular weight excluding hydrogens is 338 g/mol. The lowest BCUT2D eigenvalue weighted by atomic mass is 9.92. The Morgan fingerprint density at radius 3 is 2.72 bits per heavy atom. The Kier molecular flexibility index (Phi) is 5.65. The molecule has 0 spiro atoms. The van der Waals surface area contributed by atoms with Gasteiger partial charge in [0.2, 0.25) is 0 Å². The molecule has 1 atom stereocenters. The zero-order chi connectivity index (χ0) is 17.8. The van der Waals surface area contributed by atoms with Crippen LogP contribution in [-0.2, 0) is 9.53 Å². The van der Waals surface area contributed by atoms with Gasteiger partial charge in [-0.15, -0.1) is 0 Å². The van der Waals surface area contributed by atoms with Crippen molar-refractivity contribution in [2.45, 2.75) is 13.0 Å². The van der Waals surface area contributed by atoms with E-state index in [-0.39, 0.29) is 6.03 Å². The van der Waals surface area contributed by atoms with Crippen molar-refractivity contribution in [3.63, 3.8) is 0 Å². The number of benzene rings is 1. The summed E-state index contributed by atoms with van der Waals surface area (Å²) < 4.78 is 5.03. The summed E-state index contributed by atoms with van der Waals surface area (Å²) in [6.45, 7) is 4.41. The molecule has 0 aromatic heterocycles. The van der Waals surface area contributed by atoms with E-state index >= 15 is 0 Å². The van der Waals surface area contributed by atoms with E-state index in [1.54, 1.807) is 0 Å². The highest BCUT2D eigenvalue weighted by atomic mass is 32.2. The summed E-state index contributed by atoms with van der Waals surface area (Å²) in [4.78, 5) is 27.0. The smallest absolute Gasteiger partial charge is 0.338 e. The largest absolute Gasteiger partial charge is 0.466 e. The van der Waals surface area contributed by atoms with E-state index in [9.17, 15) is 9.59 Å². The fourth-order valence-electron chi connectivity index (χ4n) is 3.22. The molecule has 7 heteroatoms. The first-order valence-electron chi connectivity index (χ1n) is 8.34. The molecule has 6 nitrogen and oxygen atoms in total. The molecule has 2 aliphatic rings. The number of rotatable bonds is 4. The number of ether oxygens (including phenoxy) is 1. The van der Waals surface area contributed by atoms with Crippen LogP contribution in [0.3, 0.4) is 0 Å². The fourth-order valence-corrected chi connectivity index (χ4v) is 4.20. The summed E-state index contributed by atoms with van der Waals surface area (Å²) in [7, 11) is 1.37. The van der Waals surface area contributed by atoms with Crippen LogP contribution in [0.25, 0.3) is 0 Å². The van der Waals surface area contributed by atoms with Gasteiger partial charge in [-0.1, -0.05) is 24.3 Å². The van der Waals surface area contributed by atoms with E-state index < -0.39 is 12.0 Å². The lowest BCUT2D eigenvalue weighted by molar-refractivity contribution is -0.136. The van der Waals surface area contributed by atoms with E-state index in [4.69, 9.17) is 4.74 Å². The minimum Gasteiger partial charge on any atom is -0.466 e. The molecule has 2 N–H and O–H groups in total. The minimum atomic E-state index is -0.503. The molecule has 0 bridgehead atoms. The fraction of sp³-hybridized carbons (Fsp3) is 0.444. The third-order valence-corrected chi connectivity index (χ3v) is 5.49. The topological polar surface area (TPSA) is 70.7 Å². The minimum absolute atomic E-state index is 0.290. The van der Waals surface area contributed by atoms with Gasteiger partial charge in [-0.25, -0.2) is 9.59 Å². The normalized spacial score (nSPS) is 21.5. The SMILES string of the molecule is COC(=O)C1=C(CN2CCSCC2)NC(=O)N[C@@H]1c1ccccc1C. The number of carbonyl (C=O) groups is 2. The highest BCUT2D eigenvalue weighted by molar-refractivity contribution is 7.99. The molecule has 134 valence electrons. The van der Waals surface area contributed by atoms with E-state index in [2.05, 4.69) is 15.5 Å². The first-order chi connectivity index (χ1) is 12.1. The van der Waals surface area contributed by atoms with Crippen LogP contribution in [0.1, 0.15) is 17.2 Å². The van der Waals surface area contributed by atoms with Crippen molar-refractivity contribution in [2.24, 2.45) is 0 Å². The van der Waals surface area contributed by atoms with E-state index in [0.717, 1.165) is 35.7 Å². The highest BCUT2D eigenvalue weighted by Crippen LogP contribution is 2.30. The van der Waals surface area contributed by atoms with Crippen LogP contribution in [0.4, 0.5) is 4.79 Å². The van der Waals surface area contributed by atoms with Crippen molar-refractivity contribution in [1.82, 2.24) is 15.5 Å². The van der Waals surface area contributed by atoms with Crippen molar-refractivity contribution in [1.29, 1.82) is 0 Å². The molecule has 1 fully saturated rings. The van der Waals surface area contributed by atoms with Crippen LogP contribution in [0.5, 0.6) is 0 Å². The Labute approximate surface area is 152 Å². The number of esters is 1. The summed E-state index contributed by atoms with van der Waals surface area (Å²) in [5, 5.41) is 5.70. The average Bonchev–Trinajstić information content (AvgIpc) is 2.62. The zero-order valence-electron chi connectivity index (χ0n) is 14.5. The van der Waals surface area contributed by atoms with Crippen molar-refractivity contribution in [2.75, 3.05) is 38.2 Å². The molecule has 2 heterocycles. The number of methoxy groups -OCH3 is 1. The average molecular weight is 361 g/mol. The molecular formula is C18H23N3O3S. The number of aryl methyl sites for hydroxylation is 1. The van der Waals surface area contributed by atoms with Crippen LogP contribution in [0.15, 0.2) is 35.5 Å². The Balaban J connectivity index is 2.00. The first-order valence-corrected chi connectivity index (χ1v) is 9.50. The standard InChI is InChI=1S/C18H23N3O3S/c1-12-5-3-4-6-13(12)16-15(17(22)24-2)14(19-18(23)20-16)11-21-7-9-25-10-8-21/h3-6,16H,7-11H2,1-2H3,(H2,19,20,23)/t16-/m1/s1. The maximum atomic E-state index is 12.5. The molecule has 0 radical (unpaired) electrons. The molecule has 1 aromatic carbocycles. The lowest BCUT2D eigenvalue weighted by Gasteiger charge is -2.33. The van der Waals surface area contributed by atoms with Crippen LogP contribution < -0.4 is 10.6 Å². The summed E-state index contributed by atoms with van der Waals surface area (Å²) in [5.41, 5.74) is 3.04. The molecule has 25 heavy (non-hydrogen) atoms. The summed E-state index contributed by atoms with van der Waals surface area (Å²) in [5.74, 6) is 1.71. The number of urea groups is 1. The van der Waals surface area contributed by atoms with Crippen LogP contribution >= 0.6 is 11.8 Å². The molecule has 0 saturated carbocycles. The van der Waals surface area contributed by atoms with Gasteiger partial charge in [-0.05, 0) is 18.1 Å². The number of hydrogen-bond acceptors (Lipinski definition) is 5. The number of thioether (sulfide) groups is 1. The lowest BCUT2D eigenvalue weighted by Crippen LogP contribution is -2.49. The number of hydrogen-bond donors (Lipinski definition) is 2. The Bertz CT molecular complexity index is 699. The predicted molar refractivity (Wildman–Crippen MR) is 98.4 cm³/mol. The van der Waals surface area contributed by atoms with Gasteiger partial charge < -0.3 is 15.4 Å². The maximum Gasteiger partial charge on any atom is 0.338 e. The van der Waals surface area contributed by atoms with Crippen LogP contribution in [0.2, 0.25) is 0 Å². The number of carbonyl (C=O) groups excluding carboxylic acids is 2. The van der Waals surface area contributed by atoms with Gasteiger partial charge in [0.15, 0.2) is 0 Å². The van der Waals surface area contributed by atoms with Crippen molar-refractivity contribution in [3.05, 3.63) is 46.7 Å². The van der Waals surface area contributed by atoms with Gasteiger partial charge in [-0.3, -0.25) is 4.90 Å². The van der Waals surface area contributed by atoms with Crippen LogP contribution in [-0.4, -0.2) is 55.2 Å². The third-order valence-electron chi connectivity index (χ3n) is 4.54. The zero-order valence-corrected chi connectivity index (χ0v) is 15.3. The molecule has 3 rings (SSSR count).